The first-order valence-electron chi connectivity index (χ1n) is 9.90. The fraction of sp³-hybridized carbons (Fsp3) is 0.409. The number of carbonyl (C=O) groups excluding carboxylic acids is 1. The van der Waals surface area contributed by atoms with Gasteiger partial charge in [0.1, 0.15) is 17.3 Å². The average molecular weight is 399 g/mol. The van der Waals surface area contributed by atoms with Crippen LogP contribution in [0, 0.1) is 6.92 Å². The number of hydrogen-bond acceptors (Lipinski definition) is 4. The zero-order chi connectivity index (χ0) is 19.8. The molecule has 1 heterocycles. The third kappa shape index (κ3) is 6.34. The van der Waals surface area contributed by atoms with Gasteiger partial charge >= 0.3 is 0 Å². The molecule has 1 aliphatic rings. The Hall–Kier alpha value is -2.40. The molecule has 0 saturated heterocycles. The van der Waals surface area contributed by atoms with E-state index in [-0.39, 0.29) is 5.91 Å². The molecule has 1 aromatic heterocycles. The molecule has 1 amide bonds. The van der Waals surface area contributed by atoms with E-state index in [4.69, 9.17) is 11.6 Å². The summed E-state index contributed by atoms with van der Waals surface area (Å²) in [5, 5.41) is 6.97. The lowest BCUT2D eigenvalue weighted by Gasteiger charge is -2.13. The standard InChI is InChI=1S/C22H27ClN4O/c1-16-26-20(22(28)25-14-12-18-7-9-19(23)10-8-18)15-21(27-16)24-13-11-17-5-3-2-4-6-17/h5,7-10,15H,2-4,6,11-14H2,1H3,(H,25,28)(H,24,26,27). The average Bonchev–Trinajstić information content (AvgIpc) is 2.70. The lowest BCUT2D eigenvalue weighted by Crippen LogP contribution is -2.27. The van der Waals surface area contributed by atoms with Crippen LogP contribution in [-0.2, 0) is 6.42 Å². The van der Waals surface area contributed by atoms with Crippen molar-refractivity contribution in [1.29, 1.82) is 0 Å². The summed E-state index contributed by atoms with van der Waals surface area (Å²) < 4.78 is 0. The van der Waals surface area contributed by atoms with Crippen molar-refractivity contribution in [1.82, 2.24) is 15.3 Å². The topological polar surface area (TPSA) is 66.9 Å². The molecule has 0 spiro atoms. The highest BCUT2D eigenvalue weighted by atomic mass is 35.5. The van der Waals surface area contributed by atoms with Crippen LogP contribution in [0.2, 0.25) is 5.02 Å². The van der Waals surface area contributed by atoms with Crippen LogP contribution in [0.3, 0.4) is 0 Å². The summed E-state index contributed by atoms with van der Waals surface area (Å²) in [5.41, 5.74) is 3.04. The van der Waals surface area contributed by atoms with Crippen LogP contribution < -0.4 is 10.6 Å². The monoisotopic (exact) mass is 398 g/mol. The van der Waals surface area contributed by atoms with Gasteiger partial charge in [-0.3, -0.25) is 4.79 Å². The molecule has 3 rings (SSSR count). The first-order valence-corrected chi connectivity index (χ1v) is 10.3. The lowest BCUT2D eigenvalue weighted by molar-refractivity contribution is 0.0949. The SMILES string of the molecule is Cc1nc(NCCC2=CCCCC2)cc(C(=O)NCCc2ccc(Cl)cc2)n1. The van der Waals surface area contributed by atoms with E-state index >= 15 is 0 Å². The minimum atomic E-state index is -0.183. The van der Waals surface area contributed by atoms with Gasteiger partial charge in [0.15, 0.2) is 0 Å². The number of halogens is 1. The summed E-state index contributed by atoms with van der Waals surface area (Å²) in [4.78, 5) is 21.1. The smallest absolute Gasteiger partial charge is 0.270 e. The molecule has 2 aromatic rings. The molecule has 0 atom stereocenters. The van der Waals surface area contributed by atoms with Crippen LogP contribution in [0.5, 0.6) is 0 Å². The van der Waals surface area contributed by atoms with E-state index in [0.717, 1.165) is 24.9 Å². The molecule has 0 aliphatic heterocycles. The van der Waals surface area contributed by atoms with Crippen LogP contribution >= 0.6 is 11.6 Å². The number of hydrogen-bond donors (Lipinski definition) is 2. The fourth-order valence-corrected chi connectivity index (χ4v) is 3.45. The predicted octanol–water partition coefficient (Wildman–Crippen LogP) is 4.71. The van der Waals surface area contributed by atoms with Gasteiger partial charge in [-0.05, 0) is 63.1 Å². The maximum Gasteiger partial charge on any atom is 0.270 e. The number of allylic oxidation sites excluding steroid dienone is 1. The lowest BCUT2D eigenvalue weighted by atomic mass is 9.97. The zero-order valence-corrected chi connectivity index (χ0v) is 17.1. The maximum absolute atomic E-state index is 12.5. The first-order chi connectivity index (χ1) is 13.6. The number of aryl methyl sites for hydroxylation is 1. The van der Waals surface area contributed by atoms with Gasteiger partial charge in [0, 0.05) is 24.2 Å². The molecule has 6 heteroatoms. The Balaban J connectivity index is 1.50. The summed E-state index contributed by atoms with van der Waals surface area (Å²) in [6.45, 7) is 3.17. The van der Waals surface area contributed by atoms with Crippen molar-refractivity contribution in [2.75, 3.05) is 18.4 Å². The summed E-state index contributed by atoms with van der Waals surface area (Å²) in [5.74, 6) is 1.11. The zero-order valence-electron chi connectivity index (χ0n) is 16.3. The highest BCUT2D eigenvalue weighted by Gasteiger charge is 2.10. The van der Waals surface area contributed by atoms with E-state index in [0.29, 0.717) is 28.9 Å². The van der Waals surface area contributed by atoms with E-state index in [1.54, 1.807) is 13.0 Å². The molecule has 0 radical (unpaired) electrons. The number of rotatable bonds is 8. The molecule has 2 N–H and O–H groups in total. The Labute approximate surface area is 171 Å². The van der Waals surface area contributed by atoms with Crippen LogP contribution in [0.15, 0.2) is 42.0 Å². The van der Waals surface area contributed by atoms with E-state index in [9.17, 15) is 4.79 Å². The highest BCUT2D eigenvalue weighted by molar-refractivity contribution is 6.30. The summed E-state index contributed by atoms with van der Waals surface area (Å²) in [7, 11) is 0. The van der Waals surface area contributed by atoms with Crippen LogP contribution in [0.25, 0.3) is 0 Å². The minimum Gasteiger partial charge on any atom is -0.370 e. The van der Waals surface area contributed by atoms with Crippen molar-refractivity contribution in [3.8, 4) is 0 Å². The van der Waals surface area contributed by atoms with Crippen molar-refractivity contribution >= 4 is 23.3 Å². The second-order valence-corrected chi connectivity index (χ2v) is 7.54. The molecule has 28 heavy (non-hydrogen) atoms. The first kappa shape index (κ1) is 20.3. The normalized spacial score (nSPS) is 13.7. The van der Waals surface area contributed by atoms with Gasteiger partial charge in [-0.15, -0.1) is 0 Å². The van der Waals surface area contributed by atoms with Crippen LogP contribution in [-0.4, -0.2) is 29.0 Å². The number of carbonyl (C=O) groups is 1. The molecule has 0 fully saturated rings. The second-order valence-electron chi connectivity index (χ2n) is 7.10. The summed E-state index contributed by atoms with van der Waals surface area (Å²) in [6.07, 6.45) is 9.11. The van der Waals surface area contributed by atoms with Gasteiger partial charge < -0.3 is 10.6 Å². The van der Waals surface area contributed by atoms with Gasteiger partial charge in [0.2, 0.25) is 0 Å². The molecule has 1 aliphatic carbocycles. The van der Waals surface area contributed by atoms with Crippen LogP contribution in [0.1, 0.15) is 54.0 Å². The molecular formula is C22H27ClN4O. The Morgan fingerprint density at radius 2 is 1.93 bits per heavy atom. The number of aromatic nitrogens is 2. The molecular weight excluding hydrogens is 372 g/mol. The Bertz CT molecular complexity index is 833. The van der Waals surface area contributed by atoms with Crippen LogP contribution in [0.4, 0.5) is 5.82 Å². The third-order valence-corrected chi connectivity index (χ3v) is 5.07. The Kier molecular flexibility index (Phi) is 7.43. The summed E-state index contributed by atoms with van der Waals surface area (Å²) >= 11 is 5.89. The predicted molar refractivity (Wildman–Crippen MR) is 114 cm³/mol. The quantitative estimate of drug-likeness (QED) is 0.632. The summed E-state index contributed by atoms with van der Waals surface area (Å²) in [6, 6.07) is 9.36. The Morgan fingerprint density at radius 1 is 1.11 bits per heavy atom. The molecule has 1 aromatic carbocycles. The van der Waals surface area contributed by atoms with Gasteiger partial charge in [0.05, 0.1) is 0 Å². The van der Waals surface area contributed by atoms with Crippen molar-refractivity contribution in [3.05, 3.63) is 64.1 Å². The van der Waals surface area contributed by atoms with Gasteiger partial charge in [-0.1, -0.05) is 35.4 Å². The fourth-order valence-electron chi connectivity index (χ4n) is 3.32. The number of nitrogens with zero attached hydrogens (tertiary/aromatic N) is 2. The van der Waals surface area contributed by atoms with E-state index in [1.807, 2.05) is 24.3 Å². The van der Waals surface area contributed by atoms with Crippen molar-refractivity contribution < 1.29 is 4.79 Å². The molecule has 0 bridgehead atoms. The molecule has 148 valence electrons. The van der Waals surface area contributed by atoms with E-state index < -0.39 is 0 Å². The molecule has 0 saturated carbocycles. The van der Waals surface area contributed by atoms with Crippen molar-refractivity contribution in [2.45, 2.75) is 45.4 Å². The number of amides is 1. The maximum atomic E-state index is 12.5. The number of anilines is 1. The van der Waals surface area contributed by atoms with Crippen molar-refractivity contribution in [3.63, 3.8) is 0 Å². The Morgan fingerprint density at radius 3 is 2.68 bits per heavy atom. The van der Waals surface area contributed by atoms with Gasteiger partial charge in [0.25, 0.3) is 5.91 Å². The van der Waals surface area contributed by atoms with E-state index in [2.05, 4.69) is 26.7 Å². The van der Waals surface area contributed by atoms with Crippen molar-refractivity contribution in [2.24, 2.45) is 0 Å². The number of nitrogens with one attached hydrogen (secondary N) is 2. The van der Waals surface area contributed by atoms with Gasteiger partial charge in [-0.2, -0.15) is 0 Å². The molecule has 5 nitrogen and oxygen atoms in total. The second kappa shape index (κ2) is 10.2. The van der Waals surface area contributed by atoms with Gasteiger partial charge in [-0.25, -0.2) is 9.97 Å². The number of benzene rings is 1. The third-order valence-electron chi connectivity index (χ3n) is 4.82. The largest absolute Gasteiger partial charge is 0.370 e. The molecule has 0 unspecified atom stereocenters. The minimum absolute atomic E-state index is 0.183. The van der Waals surface area contributed by atoms with E-state index in [1.165, 1.54) is 31.3 Å². The highest BCUT2D eigenvalue weighted by Crippen LogP contribution is 2.20.